The standard InChI is InChI=1S/C59H75N11O16S/c1-4-6-16-44(67-56(79)46(29-37-21-25-40(26-22-37)86-87(83,84)85)65-50(72)33-63-54(77)42(60)27-36-19-23-39(71)24-20-36)55(78)64-34-51(73)66-48(30-38-32-62-43-17-12-11-15-41(38)43)59(82)70(3)49(18-7-5-2)58(81)69-47(31-52(74)75)57(80)68-45(53(61)76)28-35-13-9-8-10-14-35/h8-15,17,19-26,32,42,44-49,62,71H,4-7,16,18,27-31,33-34,60H2,1-3H3,(H2,61,76)(H,63,77)(H,64,78)(H,65,72)(H,66,73)(H,67,79)(H,68,80)(H,69,81)(H,74,75)(H,83,84,85)/t42-,44+,45+,46+,47+,48+,49+/m1/s1. The van der Waals surface area contributed by atoms with Crippen molar-refractivity contribution in [1.82, 2.24) is 47.1 Å². The summed E-state index contributed by atoms with van der Waals surface area (Å²) in [4.78, 5) is 140. The Morgan fingerprint density at radius 3 is 1.75 bits per heavy atom. The zero-order valence-electron chi connectivity index (χ0n) is 48.3. The average Bonchev–Trinajstić information content (AvgIpc) is 2.31. The van der Waals surface area contributed by atoms with Gasteiger partial charge in [0.2, 0.25) is 53.2 Å². The number of aliphatic carboxylic acids is 1. The number of benzene rings is 4. The van der Waals surface area contributed by atoms with Gasteiger partial charge in [0.25, 0.3) is 0 Å². The van der Waals surface area contributed by atoms with Crippen LogP contribution in [0.4, 0.5) is 0 Å². The zero-order chi connectivity index (χ0) is 63.8. The van der Waals surface area contributed by atoms with Gasteiger partial charge in [-0.15, -0.1) is 0 Å². The van der Waals surface area contributed by atoms with E-state index in [2.05, 4.69) is 46.4 Å². The average molecular weight is 1230 g/mol. The zero-order valence-corrected chi connectivity index (χ0v) is 49.1. The molecular weight excluding hydrogens is 1150 g/mol. The first kappa shape index (κ1) is 68.4. The number of nitrogens with zero attached hydrogens (tertiary/aromatic N) is 1. The van der Waals surface area contributed by atoms with Crippen LogP contribution in [0, 0.1) is 0 Å². The van der Waals surface area contributed by atoms with Crippen LogP contribution >= 0.6 is 0 Å². The number of phenols is 1. The second-order valence-electron chi connectivity index (χ2n) is 20.7. The Labute approximate surface area is 502 Å². The number of carbonyl (C=O) groups excluding carboxylic acids is 9. The molecular formula is C59H75N11O16S. The third-order valence-corrected chi connectivity index (χ3v) is 14.3. The van der Waals surface area contributed by atoms with Gasteiger partial charge in [0.05, 0.1) is 25.6 Å². The molecule has 27 nitrogen and oxygen atoms in total. The predicted molar refractivity (Wildman–Crippen MR) is 317 cm³/mol. The number of para-hydroxylation sites is 1. The van der Waals surface area contributed by atoms with Crippen molar-refractivity contribution in [2.24, 2.45) is 11.5 Å². The smallest absolute Gasteiger partial charge is 0.446 e. The van der Waals surface area contributed by atoms with Gasteiger partial charge in [0.1, 0.15) is 47.8 Å². The highest BCUT2D eigenvalue weighted by Gasteiger charge is 2.36. The summed E-state index contributed by atoms with van der Waals surface area (Å²) in [5.74, 6) is -9.54. The molecule has 7 atom stereocenters. The summed E-state index contributed by atoms with van der Waals surface area (Å²) in [5, 5.41) is 37.8. The summed E-state index contributed by atoms with van der Waals surface area (Å²) in [5.41, 5.74) is 14.6. The molecule has 5 aromatic rings. The number of aromatic nitrogens is 1. The lowest BCUT2D eigenvalue weighted by Gasteiger charge is -2.32. The van der Waals surface area contributed by atoms with E-state index in [0.29, 0.717) is 58.8 Å². The fourth-order valence-corrected chi connectivity index (χ4v) is 9.62. The maximum absolute atomic E-state index is 14.8. The Balaban J connectivity index is 1.33. The van der Waals surface area contributed by atoms with Gasteiger partial charge >= 0.3 is 16.4 Å². The van der Waals surface area contributed by atoms with Crippen LogP contribution in [0.3, 0.4) is 0 Å². The third kappa shape index (κ3) is 22.5. The third-order valence-electron chi connectivity index (χ3n) is 13.9. The lowest BCUT2D eigenvalue weighted by atomic mass is 10.0. The summed E-state index contributed by atoms with van der Waals surface area (Å²) in [6, 6.07) is 17.1. The van der Waals surface area contributed by atoms with Crippen molar-refractivity contribution in [3.05, 3.63) is 132 Å². The van der Waals surface area contributed by atoms with E-state index < -0.39 is 131 Å². The number of H-pyrrole nitrogens is 1. The Morgan fingerprint density at radius 2 is 1.13 bits per heavy atom. The number of hydrogen-bond donors (Lipinski definition) is 13. The molecule has 5 rings (SSSR count). The lowest BCUT2D eigenvalue weighted by Crippen LogP contribution is -2.59. The van der Waals surface area contributed by atoms with Crippen molar-refractivity contribution in [3.63, 3.8) is 0 Å². The van der Waals surface area contributed by atoms with Crippen LogP contribution < -0.4 is 52.9 Å². The monoisotopic (exact) mass is 1230 g/mol. The number of fused-ring (bicyclic) bond motifs is 1. The van der Waals surface area contributed by atoms with Crippen molar-refractivity contribution in [2.75, 3.05) is 20.1 Å². The Hall–Kier alpha value is -9.41. The first-order chi connectivity index (χ1) is 41.3. The number of aromatic amines is 1. The van der Waals surface area contributed by atoms with Crippen molar-refractivity contribution in [3.8, 4) is 11.5 Å². The molecule has 0 bridgehead atoms. The highest BCUT2D eigenvalue weighted by Crippen LogP contribution is 2.22. The number of amides is 9. The molecule has 9 amide bonds. The summed E-state index contributed by atoms with van der Waals surface area (Å²) in [6.07, 6.45) is 2.25. The highest BCUT2D eigenvalue weighted by molar-refractivity contribution is 7.81. The molecule has 468 valence electrons. The number of hydrogen-bond acceptors (Lipinski definition) is 15. The molecule has 4 aromatic carbocycles. The number of primary amides is 1. The number of phenolic OH excluding ortho intramolecular Hbond substituents is 1. The normalized spacial score (nSPS) is 13.6. The second kappa shape index (κ2) is 33.3. The summed E-state index contributed by atoms with van der Waals surface area (Å²) >= 11 is 0. The largest absolute Gasteiger partial charge is 0.508 e. The number of nitrogens with one attached hydrogen (secondary N) is 8. The highest BCUT2D eigenvalue weighted by atomic mass is 32.3. The minimum Gasteiger partial charge on any atom is -0.508 e. The van der Waals surface area contributed by atoms with Crippen LogP contribution in [0.15, 0.2) is 109 Å². The van der Waals surface area contributed by atoms with Crippen molar-refractivity contribution >= 4 is 80.4 Å². The van der Waals surface area contributed by atoms with Gasteiger partial charge in [-0.2, -0.15) is 8.42 Å². The van der Waals surface area contributed by atoms with Gasteiger partial charge in [-0.25, -0.2) is 0 Å². The summed E-state index contributed by atoms with van der Waals surface area (Å²) < 4.78 is 36.3. The number of unbranched alkanes of at least 4 members (excludes halogenated alkanes) is 2. The van der Waals surface area contributed by atoms with Crippen molar-refractivity contribution in [1.29, 1.82) is 0 Å². The van der Waals surface area contributed by atoms with E-state index in [1.807, 2.05) is 13.8 Å². The summed E-state index contributed by atoms with van der Waals surface area (Å²) in [6.45, 7) is 2.27. The first-order valence-corrected chi connectivity index (χ1v) is 29.4. The van der Waals surface area contributed by atoms with E-state index in [1.165, 1.54) is 43.4 Å². The van der Waals surface area contributed by atoms with Crippen LogP contribution in [0.5, 0.6) is 11.5 Å². The molecule has 0 fully saturated rings. The van der Waals surface area contributed by atoms with E-state index in [-0.39, 0.29) is 50.0 Å². The summed E-state index contributed by atoms with van der Waals surface area (Å²) in [7, 11) is -3.57. The maximum atomic E-state index is 14.8. The molecule has 0 spiro atoms. The lowest BCUT2D eigenvalue weighted by molar-refractivity contribution is -0.144. The van der Waals surface area contributed by atoms with E-state index >= 15 is 0 Å². The van der Waals surface area contributed by atoms with Gasteiger partial charge < -0.3 is 73.0 Å². The number of carboxylic acid groups (broad SMARTS) is 1. The Kier molecular flexibility index (Phi) is 26.2. The fourth-order valence-electron chi connectivity index (χ4n) is 9.27. The topological polar surface area (TPSA) is 430 Å². The van der Waals surface area contributed by atoms with E-state index in [1.54, 1.807) is 72.9 Å². The Bertz CT molecular complexity index is 3310. The number of rotatable bonds is 35. The minimum atomic E-state index is -4.88. The van der Waals surface area contributed by atoms with Crippen LogP contribution in [0.25, 0.3) is 10.9 Å². The molecule has 0 radical (unpaired) electrons. The van der Waals surface area contributed by atoms with Crippen molar-refractivity contribution in [2.45, 2.75) is 127 Å². The molecule has 0 aliphatic rings. The maximum Gasteiger partial charge on any atom is 0.446 e. The fraction of sp³-hybridized carbons (Fsp3) is 0.390. The number of carbonyl (C=O) groups is 10. The number of nitrogens with two attached hydrogens (primary N) is 2. The van der Waals surface area contributed by atoms with Gasteiger partial charge in [0.15, 0.2) is 0 Å². The molecule has 15 N–H and O–H groups in total. The molecule has 28 heteroatoms. The molecule has 87 heavy (non-hydrogen) atoms. The van der Waals surface area contributed by atoms with E-state index in [0.717, 1.165) is 4.90 Å². The molecule has 0 aliphatic carbocycles. The molecule has 1 aromatic heterocycles. The van der Waals surface area contributed by atoms with Crippen LogP contribution in [-0.2, 0) is 84.0 Å². The predicted octanol–water partition coefficient (Wildman–Crippen LogP) is 0.477. The molecule has 0 aliphatic heterocycles. The van der Waals surface area contributed by atoms with Gasteiger partial charge in [0, 0.05) is 43.4 Å². The molecule has 0 saturated heterocycles. The van der Waals surface area contributed by atoms with Crippen LogP contribution in [-0.4, -0.2) is 155 Å². The van der Waals surface area contributed by atoms with Crippen molar-refractivity contribution < 1.29 is 75.3 Å². The number of aromatic hydroxyl groups is 1. The number of likely N-dealkylation sites (N-methyl/N-ethyl adjacent to an activating group) is 1. The van der Waals surface area contributed by atoms with Gasteiger partial charge in [-0.1, -0.05) is 112 Å². The Morgan fingerprint density at radius 1 is 0.598 bits per heavy atom. The first-order valence-electron chi connectivity index (χ1n) is 28.1. The molecule has 0 saturated carbocycles. The number of carboxylic acids is 1. The SMILES string of the molecule is CCCC[C@H](NC(=O)[C@H](Cc1ccc(OS(=O)(=O)O)cc1)NC(=O)CNC(=O)[C@H](N)Cc1ccc(O)cc1)C(=O)NCC(=O)N[C@@H](Cc1c[nH]c2ccccc12)C(=O)N(C)[C@@H](CCCC)C(=O)N[C@@H](CC(=O)O)C(=O)N[C@@H](Cc1ccccc1)C(N)=O. The second-order valence-corrected chi connectivity index (χ2v) is 21.7. The van der Waals surface area contributed by atoms with Gasteiger partial charge in [-0.3, -0.25) is 52.5 Å². The molecule has 1 heterocycles. The van der Waals surface area contributed by atoms with Gasteiger partial charge in [-0.05, 0) is 71.8 Å². The van der Waals surface area contributed by atoms with Crippen LogP contribution in [0.2, 0.25) is 0 Å². The molecule has 0 unspecified atom stereocenters. The minimum absolute atomic E-state index is 0.00878. The van der Waals surface area contributed by atoms with E-state index in [4.69, 9.17) is 16.0 Å². The van der Waals surface area contributed by atoms with E-state index in [9.17, 15) is 66.6 Å². The quantitative estimate of drug-likeness (QED) is 0.0245. The van der Waals surface area contributed by atoms with Crippen LogP contribution in [0.1, 0.15) is 81.0 Å².